The van der Waals surface area contributed by atoms with Crippen LogP contribution in [-0.2, 0) is 6.42 Å². The summed E-state index contributed by atoms with van der Waals surface area (Å²) in [5, 5.41) is 8.46. The first-order valence-corrected chi connectivity index (χ1v) is 5.82. The smallest absolute Gasteiger partial charge is 0.191 e. The second kappa shape index (κ2) is 9.65. The maximum Gasteiger partial charge on any atom is 0.191 e. The van der Waals surface area contributed by atoms with E-state index in [1.807, 2.05) is 6.08 Å². The largest absolute Gasteiger partial charge is 0.356 e. The van der Waals surface area contributed by atoms with Crippen LogP contribution >= 0.6 is 35.3 Å². The second-order valence-corrected chi connectivity index (χ2v) is 4.03. The zero-order valence-electron chi connectivity index (χ0n) is 9.40. The minimum Gasteiger partial charge on any atom is -0.356 e. The summed E-state index contributed by atoms with van der Waals surface area (Å²) in [4.78, 5) is 5.48. The zero-order chi connectivity index (χ0) is 10.9. The normalized spacial score (nSPS) is 10.4. The molecule has 0 atom stereocenters. The van der Waals surface area contributed by atoms with Crippen molar-refractivity contribution in [3.8, 4) is 0 Å². The average molecular weight is 351 g/mol. The summed E-state index contributed by atoms with van der Waals surface area (Å²) in [5.74, 6) is 0.825. The summed E-state index contributed by atoms with van der Waals surface area (Å²) in [6.45, 7) is 5.28. The van der Waals surface area contributed by atoms with Crippen LogP contribution in [0.25, 0.3) is 0 Å². The van der Waals surface area contributed by atoms with Crippen molar-refractivity contribution < 1.29 is 0 Å². The fourth-order valence-electron chi connectivity index (χ4n) is 1.15. The molecule has 0 unspecified atom stereocenters. The molecular formula is C11H18IN3S. The fourth-order valence-corrected chi connectivity index (χ4v) is 1.86. The molecular weight excluding hydrogens is 333 g/mol. The highest BCUT2D eigenvalue weighted by Gasteiger charge is 1.96. The fraction of sp³-hybridized carbons (Fsp3) is 0.364. The van der Waals surface area contributed by atoms with Gasteiger partial charge in [-0.1, -0.05) is 12.1 Å². The number of aliphatic imine (C=N–C) groups is 1. The predicted molar refractivity (Wildman–Crippen MR) is 83.0 cm³/mol. The minimum absolute atomic E-state index is 0. The summed E-state index contributed by atoms with van der Waals surface area (Å²) in [6, 6.07) is 4.22. The lowest BCUT2D eigenvalue weighted by Crippen LogP contribution is -2.38. The summed E-state index contributed by atoms with van der Waals surface area (Å²) in [7, 11) is 1.77. The van der Waals surface area contributed by atoms with E-state index >= 15 is 0 Å². The van der Waals surface area contributed by atoms with Gasteiger partial charge in [-0.2, -0.15) is 0 Å². The third kappa shape index (κ3) is 6.12. The van der Waals surface area contributed by atoms with E-state index in [1.54, 1.807) is 18.4 Å². The summed E-state index contributed by atoms with van der Waals surface area (Å²) < 4.78 is 0. The first-order valence-electron chi connectivity index (χ1n) is 4.94. The molecule has 1 rings (SSSR count). The van der Waals surface area contributed by atoms with Gasteiger partial charge in [0.15, 0.2) is 5.96 Å². The van der Waals surface area contributed by atoms with E-state index in [0.717, 1.165) is 25.5 Å². The Labute approximate surface area is 118 Å². The van der Waals surface area contributed by atoms with Crippen LogP contribution in [0, 0.1) is 0 Å². The SMILES string of the molecule is C=CCNC(=NC)NCCc1cccs1.I. The van der Waals surface area contributed by atoms with Crippen molar-refractivity contribution in [1.29, 1.82) is 0 Å². The first-order chi connectivity index (χ1) is 7.36. The van der Waals surface area contributed by atoms with Crippen LogP contribution in [0.1, 0.15) is 4.88 Å². The van der Waals surface area contributed by atoms with E-state index < -0.39 is 0 Å². The maximum atomic E-state index is 4.09. The molecule has 0 saturated heterocycles. The third-order valence-electron chi connectivity index (χ3n) is 1.88. The number of nitrogens with one attached hydrogen (secondary N) is 2. The van der Waals surface area contributed by atoms with Gasteiger partial charge in [0, 0.05) is 25.0 Å². The Balaban J connectivity index is 0.00000225. The Kier molecular flexibility index (Phi) is 9.31. The number of guanidine groups is 1. The Bertz CT molecular complexity index is 309. The van der Waals surface area contributed by atoms with Crippen LogP contribution in [0.3, 0.4) is 0 Å². The van der Waals surface area contributed by atoms with Crippen molar-refractivity contribution in [2.24, 2.45) is 4.99 Å². The van der Waals surface area contributed by atoms with E-state index in [9.17, 15) is 0 Å². The van der Waals surface area contributed by atoms with Crippen molar-refractivity contribution in [3.63, 3.8) is 0 Å². The Morgan fingerprint density at radius 3 is 2.94 bits per heavy atom. The Morgan fingerprint density at radius 2 is 2.38 bits per heavy atom. The van der Waals surface area contributed by atoms with Gasteiger partial charge >= 0.3 is 0 Å². The van der Waals surface area contributed by atoms with E-state index in [4.69, 9.17) is 0 Å². The van der Waals surface area contributed by atoms with Gasteiger partial charge < -0.3 is 10.6 Å². The molecule has 0 aliphatic heterocycles. The number of hydrogen-bond donors (Lipinski definition) is 2. The second-order valence-electron chi connectivity index (χ2n) is 3.00. The van der Waals surface area contributed by atoms with E-state index in [0.29, 0.717) is 0 Å². The molecule has 0 aliphatic rings. The Hall–Kier alpha value is -0.560. The zero-order valence-corrected chi connectivity index (χ0v) is 12.5. The first kappa shape index (κ1) is 15.4. The molecule has 0 aromatic carbocycles. The van der Waals surface area contributed by atoms with Crippen molar-refractivity contribution in [1.82, 2.24) is 10.6 Å². The van der Waals surface area contributed by atoms with Crippen LogP contribution in [0.4, 0.5) is 0 Å². The van der Waals surface area contributed by atoms with Gasteiger partial charge in [0.25, 0.3) is 0 Å². The molecule has 1 aromatic rings. The lowest BCUT2D eigenvalue weighted by atomic mass is 10.3. The van der Waals surface area contributed by atoms with Crippen LogP contribution in [0.2, 0.25) is 0 Å². The molecule has 1 aromatic heterocycles. The molecule has 0 bridgehead atoms. The summed E-state index contributed by atoms with van der Waals surface area (Å²) in [6.07, 6.45) is 2.85. The quantitative estimate of drug-likeness (QED) is 0.370. The molecule has 3 nitrogen and oxygen atoms in total. The van der Waals surface area contributed by atoms with Gasteiger partial charge in [-0.25, -0.2) is 0 Å². The molecule has 0 radical (unpaired) electrons. The maximum absolute atomic E-state index is 4.09. The van der Waals surface area contributed by atoms with Crippen LogP contribution in [0.5, 0.6) is 0 Å². The number of thiophene rings is 1. The molecule has 0 fully saturated rings. The lowest BCUT2D eigenvalue weighted by molar-refractivity contribution is 0.829. The number of halogens is 1. The highest BCUT2D eigenvalue weighted by Crippen LogP contribution is 2.07. The topological polar surface area (TPSA) is 36.4 Å². The summed E-state index contributed by atoms with van der Waals surface area (Å²) >= 11 is 1.78. The van der Waals surface area contributed by atoms with E-state index in [1.165, 1.54) is 4.88 Å². The third-order valence-corrected chi connectivity index (χ3v) is 2.82. The predicted octanol–water partition coefficient (Wildman–Crippen LogP) is 2.26. The molecule has 2 N–H and O–H groups in total. The molecule has 1 heterocycles. The van der Waals surface area contributed by atoms with E-state index in [-0.39, 0.29) is 24.0 Å². The lowest BCUT2D eigenvalue weighted by Gasteiger charge is -2.09. The van der Waals surface area contributed by atoms with Crippen LogP contribution < -0.4 is 10.6 Å². The molecule has 0 aliphatic carbocycles. The monoisotopic (exact) mass is 351 g/mol. The van der Waals surface area contributed by atoms with Gasteiger partial charge in [-0.05, 0) is 17.9 Å². The number of rotatable bonds is 5. The molecule has 0 spiro atoms. The van der Waals surface area contributed by atoms with Gasteiger partial charge in [-0.3, -0.25) is 4.99 Å². The van der Waals surface area contributed by atoms with Crippen LogP contribution in [-0.4, -0.2) is 26.1 Å². The highest BCUT2D eigenvalue weighted by molar-refractivity contribution is 14.0. The summed E-state index contributed by atoms with van der Waals surface area (Å²) in [5.41, 5.74) is 0. The molecule has 0 amide bonds. The van der Waals surface area contributed by atoms with Gasteiger partial charge in [0.2, 0.25) is 0 Å². The molecule has 90 valence electrons. The van der Waals surface area contributed by atoms with Crippen molar-refractivity contribution in [2.75, 3.05) is 20.1 Å². The Morgan fingerprint density at radius 1 is 1.56 bits per heavy atom. The average Bonchev–Trinajstić information content (AvgIpc) is 2.76. The molecule has 0 saturated carbocycles. The number of nitrogens with zero attached hydrogens (tertiary/aromatic N) is 1. The van der Waals surface area contributed by atoms with Crippen LogP contribution in [0.15, 0.2) is 35.2 Å². The van der Waals surface area contributed by atoms with Gasteiger partial charge in [0.05, 0.1) is 0 Å². The minimum atomic E-state index is 0. The number of hydrogen-bond acceptors (Lipinski definition) is 2. The molecule has 5 heteroatoms. The van der Waals surface area contributed by atoms with Crippen molar-refractivity contribution in [2.45, 2.75) is 6.42 Å². The van der Waals surface area contributed by atoms with Crippen molar-refractivity contribution in [3.05, 3.63) is 35.0 Å². The highest BCUT2D eigenvalue weighted by atomic mass is 127. The van der Waals surface area contributed by atoms with Gasteiger partial charge in [0.1, 0.15) is 0 Å². The van der Waals surface area contributed by atoms with Gasteiger partial charge in [-0.15, -0.1) is 41.9 Å². The van der Waals surface area contributed by atoms with Crippen molar-refractivity contribution >= 4 is 41.3 Å². The molecule has 16 heavy (non-hydrogen) atoms. The standard InChI is InChI=1S/C11H17N3S.HI/c1-3-7-13-11(12-2)14-8-6-10-5-4-9-15-10;/h3-5,9H,1,6-8H2,2H3,(H2,12,13,14);1H. The van der Waals surface area contributed by atoms with E-state index in [2.05, 4.69) is 39.7 Å².